The number of aromatic carboxylic acids is 1. The second-order valence-electron chi connectivity index (χ2n) is 6.36. The normalized spacial score (nSPS) is 11.4. The highest BCUT2D eigenvalue weighted by Crippen LogP contribution is 2.34. The Morgan fingerprint density at radius 1 is 1.19 bits per heavy atom. The number of benzene rings is 2. The molecule has 0 bridgehead atoms. The van der Waals surface area contributed by atoms with E-state index in [-0.39, 0.29) is 22.8 Å². The number of non-ortho nitro benzene ring substituents is 1. The number of carbonyl (C=O) groups is 2. The minimum Gasteiger partial charge on any atom is -0.493 e. The predicted octanol–water partition coefficient (Wildman–Crippen LogP) is 3.49. The third kappa shape index (κ3) is 4.78. The largest absolute Gasteiger partial charge is 0.493 e. The summed E-state index contributed by atoms with van der Waals surface area (Å²) in [5.74, 6) is -0.992. The molecule has 0 aliphatic rings. The average Bonchev–Trinajstić information content (AvgIpc) is 3.23. The minimum atomic E-state index is -1.24. The van der Waals surface area contributed by atoms with Crippen molar-refractivity contribution in [3.05, 3.63) is 70.5 Å². The van der Waals surface area contributed by atoms with Crippen LogP contribution in [0.25, 0.3) is 0 Å². The Hall–Kier alpha value is -4.41. The van der Waals surface area contributed by atoms with Gasteiger partial charge in [0.15, 0.2) is 11.5 Å². The van der Waals surface area contributed by atoms with Gasteiger partial charge in [-0.3, -0.25) is 14.9 Å². The number of carboxylic acid groups (broad SMARTS) is 1. The number of carbonyl (C=O) groups excluding carboxylic acids is 1. The molecule has 3 rings (SSSR count). The van der Waals surface area contributed by atoms with Crippen LogP contribution in [0.3, 0.4) is 0 Å². The van der Waals surface area contributed by atoms with Gasteiger partial charge < -0.3 is 19.9 Å². The maximum atomic E-state index is 12.6. The summed E-state index contributed by atoms with van der Waals surface area (Å²) in [5, 5.41) is 26.9. The van der Waals surface area contributed by atoms with Crippen molar-refractivity contribution in [2.45, 2.75) is 13.0 Å². The first-order valence-electron chi connectivity index (χ1n) is 8.98. The highest BCUT2D eigenvalue weighted by Gasteiger charge is 2.22. The lowest BCUT2D eigenvalue weighted by molar-refractivity contribution is -0.384. The number of hydrogen-bond donors (Lipinski definition) is 2. The van der Waals surface area contributed by atoms with Crippen LogP contribution in [0.15, 0.2) is 54.7 Å². The molecule has 1 amide bonds. The molecule has 1 aromatic heterocycles. The van der Waals surface area contributed by atoms with Crippen LogP contribution >= 0.6 is 0 Å². The zero-order chi connectivity index (χ0) is 22.5. The SMILES string of the molecule is COc1ccccc1Oc1cc(NC(=O)C(C)n2nccc2C(=O)O)cc([N+](=O)[O-])c1. The Balaban J connectivity index is 1.88. The zero-order valence-electron chi connectivity index (χ0n) is 16.5. The summed E-state index contributed by atoms with van der Waals surface area (Å²) in [4.78, 5) is 34.6. The maximum Gasteiger partial charge on any atom is 0.354 e. The van der Waals surface area contributed by atoms with Gasteiger partial charge >= 0.3 is 5.97 Å². The quantitative estimate of drug-likeness (QED) is 0.411. The molecule has 0 aliphatic carbocycles. The van der Waals surface area contributed by atoms with Crippen LogP contribution in [0, 0.1) is 10.1 Å². The van der Waals surface area contributed by atoms with E-state index in [1.54, 1.807) is 24.3 Å². The average molecular weight is 426 g/mol. The number of methoxy groups -OCH3 is 1. The van der Waals surface area contributed by atoms with E-state index < -0.39 is 22.8 Å². The van der Waals surface area contributed by atoms with Gasteiger partial charge in [0.05, 0.1) is 23.8 Å². The van der Waals surface area contributed by atoms with Crippen molar-refractivity contribution in [1.29, 1.82) is 0 Å². The highest BCUT2D eigenvalue weighted by atomic mass is 16.6. The fourth-order valence-electron chi connectivity index (χ4n) is 2.80. The van der Waals surface area contributed by atoms with Crippen LogP contribution < -0.4 is 14.8 Å². The number of nitro benzene ring substituents is 1. The van der Waals surface area contributed by atoms with Crippen LogP contribution in [-0.4, -0.2) is 38.8 Å². The van der Waals surface area contributed by atoms with E-state index in [0.717, 1.165) is 4.68 Å². The van der Waals surface area contributed by atoms with Gasteiger partial charge in [-0.2, -0.15) is 5.10 Å². The Labute approximate surface area is 176 Å². The van der Waals surface area contributed by atoms with Crippen LogP contribution in [0.2, 0.25) is 0 Å². The van der Waals surface area contributed by atoms with Gasteiger partial charge in [0.25, 0.3) is 5.69 Å². The van der Waals surface area contributed by atoms with Crippen LogP contribution in [0.4, 0.5) is 11.4 Å². The molecular formula is C20H18N4O7. The van der Waals surface area contributed by atoms with Gasteiger partial charge in [-0.1, -0.05) is 12.1 Å². The van der Waals surface area contributed by atoms with Crippen LogP contribution in [0.5, 0.6) is 17.2 Å². The summed E-state index contributed by atoms with van der Waals surface area (Å²) in [7, 11) is 1.46. The first kappa shape index (κ1) is 21.3. The van der Waals surface area contributed by atoms with E-state index in [1.165, 1.54) is 44.5 Å². The topological polar surface area (TPSA) is 146 Å². The number of nitro groups is 1. The van der Waals surface area contributed by atoms with Crippen LogP contribution in [-0.2, 0) is 4.79 Å². The van der Waals surface area contributed by atoms with Crippen molar-refractivity contribution >= 4 is 23.3 Å². The Kier molecular flexibility index (Phi) is 6.15. The number of nitrogens with one attached hydrogen (secondary N) is 1. The highest BCUT2D eigenvalue weighted by molar-refractivity contribution is 5.95. The Morgan fingerprint density at radius 2 is 1.90 bits per heavy atom. The molecule has 31 heavy (non-hydrogen) atoms. The summed E-state index contributed by atoms with van der Waals surface area (Å²) < 4.78 is 12.0. The van der Waals surface area contributed by atoms with Crippen molar-refractivity contribution in [3.63, 3.8) is 0 Å². The van der Waals surface area contributed by atoms with Gasteiger partial charge in [-0.05, 0) is 25.1 Å². The van der Waals surface area contributed by atoms with Gasteiger partial charge in [0, 0.05) is 18.3 Å². The van der Waals surface area contributed by atoms with Gasteiger partial charge in [-0.25, -0.2) is 9.48 Å². The number of amides is 1. The van der Waals surface area contributed by atoms with E-state index in [0.29, 0.717) is 11.5 Å². The molecule has 3 aromatic rings. The summed E-state index contributed by atoms with van der Waals surface area (Å²) >= 11 is 0. The van der Waals surface area contributed by atoms with E-state index in [4.69, 9.17) is 9.47 Å². The molecule has 0 fully saturated rings. The summed E-state index contributed by atoms with van der Waals surface area (Å²) in [5.41, 5.74) is -0.373. The number of ether oxygens (including phenoxy) is 2. The molecule has 160 valence electrons. The summed E-state index contributed by atoms with van der Waals surface area (Å²) in [6, 6.07) is 10.8. The smallest absolute Gasteiger partial charge is 0.354 e. The molecule has 2 N–H and O–H groups in total. The fraction of sp³-hybridized carbons (Fsp3) is 0.150. The molecule has 1 heterocycles. The van der Waals surface area contributed by atoms with E-state index >= 15 is 0 Å². The molecule has 11 heteroatoms. The molecular weight excluding hydrogens is 408 g/mol. The molecule has 11 nitrogen and oxygen atoms in total. The van der Waals surface area contributed by atoms with Crippen molar-refractivity contribution in [2.75, 3.05) is 12.4 Å². The summed E-state index contributed by atoms with van der Waals surface area (Å²) in [6.45, 7) is 1.46. The number of aromatic nitrogens is 2. The summed E-state index contributed by atoms with van der Waals surface area (Å²) in [6.07, 6.45) is 1.26. The molecule has 0 saturated heterocycles. The molecule has 1 atom stereocenters. The number of hydrogen-bond acceptors (Lipinski definition) is 7. The Bertz CT molecular complexity index is 1140. The van der Waals surface area contributed by atoms with Crippen molar-refractivity contribution in [3.8, 4) is 17.2 Å². The second-order valence-corrected chi connectivity index (χ2v) is 6.36. The lowest BCUT2D eigenvalue weighted by atomic mass is 10.2. The molecule has 0 saturated carbocycles. The molecule has 2 aromatic carbocycles. The Morgan fingerprint density at radius 3 is 2.55 bits per heavy atom. The van der Waals surface area contributed by atoms with Crippen molar-refractivity contribution in [2.24, 2.45) is 0 Å². The van der Waals surface area contributed by atoms with Crippen molar-refractivity contribution in [1.82, 2.24) is 9.78 Å². The fourth-order valence-corrected chi connectivity index (χ4v) is 2.80. The first-order chi connectivity index (χ1) is 14.8. The number of para-hydroxylation sites is 2. The lowest BCUT2D eigenvalue weighted by Crippen LogP contribution is -2.26. The zero-order valence-corrected chi connectivity index (χ0v) is 16.5. The number of nitrogens with zero attached hydrogens (tertiary/aromatic N) is 3. The monoisotopic (exact) mass is 426 g/mol. The van der Waals surface area contributed by atoms with E-state index in [1.807, 2.05) is 0 Å². The molecule has 0 radical (unpaired) electrons. The predicted molar refractivity (Wildman–Crippen MR) is 109 cm³/mol. The third-order valence-electron chi connectivity index (χ3n) is 4.30. The number of anilines is 1. The van der Waals surface area contributed by atoms with E-state index in [2.05, 4.69) is 10.4 Å². The van der Waals surface area contributed by atoms with Crippen LogP contribution in [0.1, 0.15) is 23.5 Å². The molecule has 0 spiro atoms. The minimum absolute atomic E-state index is 0.0972. The van der Waals surface area contributed by atoms with Gasteiger partial charge in [0.2, 0.25) is 5.91 Å². The number of carboxylic acids is 1. The molecule has 1 unspecified atom stereocenters. The van der Waals surface area contributed by atoms with E-state index in [9.17, 15) is 24.8 Å². The van der Waals surface area contributed by atoms with Crippen molar-refractivity contribution < 1.29 is 29.1 Å². The first-order valence-corrected chi connectivity index (χ1v) is 8.98. The number of rotatable bonds is 8. The van der Waals surface area contributed by atoms with Gasteiger partial charge in [0.1, 0.15) is 17.5 Å². The van der Waals surface area contributed by atoms with Gasteiger partial charge in [-0.15, -0.1) is 0 Å². The second kappa shape index (κ2) is 8.95. The lowest BCUT2D eigenvalue weighted by Gasteiger charge is -2.15. The molecule has 0 aliphatic heterocycles. The maximum absolute atomic E-state index is 12.6. The standard InChI is InChI=1S/C20H18N4O7/c1-12(23-16(20(26)27)7-8-21-23)19(25)22-13-9-14(24(28)29)11-15(10-13)31-18-6-4-3-5-17(18)30-2/h3-12H,1-2H3,(H,22,25)(H,26,27). The third-order valence-corrected chi connectivity index (χ3v) is 4.30.